The highest BCUT2D eigenvalue weighted by Crippen LogP contribution is 2.25. The Labute approximate surface area is 134 Å². The van der Waals surface area contributed by atoms with Gasteiger partial charge in [-0.1, -0.05) is 17.8 Å². The lowest BCUT2D eigenvalue weighted by Crippen LogP contribution is -2.25. The van der Waals surface area contributed by atoms with E-state index in [1.807, 2.05) is 18.2 Å². The molecule has 1 N–H and O–H groups in total. The van der Waals surface area contributed by atoms with E-state index < -0.39 is 10.0 Å². The molecular weight excluding hydrogens is 322 g/mol. The van der Waals surface area contributed by atoms with Crippen LogP contribution in [-0.2, 0) is 14.8 Å². The molecule has 0 aliphatic heterocycles. The van der Waals surface area contributed by atoms with E-state index in [0.29, 0.717) is 10.7 Å². The van der Waals surface area contributed by atoms with Gasteiger partial charge in [0.05, 0.1) is 17.5 Å². The summed E-state index contributed by atoms with van der Waals surface area (Å²) >= 11 is 1.36. The Bertz CT molecular complexity index is 708. The summed E-state index contributed by atoms with van der Waals surface area (Å²) in [5.41, 5.74) is 0.469. The van der Waals surface area contributed by atoms with Crippen LogP contribution in [0.25, 0.3) is 0 Å². The summed E-state index contributed by atoms with van der Waals surface area (Å²) < 4.78 is 31.5. The highest BCUT2D eigenvalue weighted by molar-refractivity contribution is 7.99. The van der Waals surface area contributed by atoms with E-state index in [1.54, 1.807) is 31.5 Å². The zero-order valence-electron chi connectivity index (χ0n) is 12.3. The van der Waals surface area contributed by atoms with Crippen molar-refractivity contribution in [3.05, 3.63) is 42.7 Å². The number of nitrogens with one attached hydrogen (secondary N) is 1. The molecule has 0 saturated heterocycles. The number of rotatable bonds is 7. The first-order chi connectivity index (χ1) is 10.5. The molecular formula is C14H17N3O3S2. The number of anilines is 1. The molecule has 6 nitrogen and oxygen atoms in total. The number of pyridine rings is 2. The fourth-order valence-electron chi connectivity index (χ4n) is 1.64. The van der Waals surface area contributed by atoms with E-state index >= 15 is 0 Å². The summed E-state index contributed by atoms with van der Waals surface area (Å²) in [7, 11) is -1.98. The highest BCUT2D eigenvalue weighted by Gasteiger charge is 2.15. The standard InChI is InChI=1S/C14H17N3O3S2/c1-11(20-2)10-22(18,19)17-12-6-8-16-14(9-12)21-13-5-3-4-7-15-13/h3-9,11H,10H2,1-2H3,(H,16,17). The first-order valence-corrected chi connectivity index (χ1v) is 9.03. The molecule has 118 valence electrons. The molecule has 0 spiro atoms. The summed E-state index contributed by atoms with van der Waals surface area (Å²) in [6, 6.07) is 8.86. The third-order valence-corrected chi connectivity index (χ3v) is 5.05. The van der Waals surface area contributed by atoms with Gasteiger partial charge in [0.25, 0.3) is 0 Å². The van der Waals surface area contributed by atoms with Gasteiger partial charge in [-0.15, -0.1) is 0 Å². The van der Waals surface area contributed by atoms with E-state index in [9.17, 15) is 8.42 Å². The number of hydrogen-bond acceptors (Lipinski definition) is 6. The van der Waals surface area contributed by atoms with Crippen LogP contribution in [0.5, 0.6) is 0 Å². The SMILES string of the molecule is COC(C)CS(=O)(=O)Nc1ccnc(Sc2ccccn2)c1. The second kappa shape index (κ2) is 7.57. The van der Waals surface area contributed by atoms with E-state index in [0.717, 1.165) is 5.03 Å². The molecule has 0 amide bonds. The van der Waals surface area contributed by atoms with Gasteiger partial charge in [-0.25, -0.2) is 18.4 Å². The van der Waals surface area contributed by atoms with Crippen LogP contribution >= 0.6 is 11.8 Å². The van der Waals surface area contributed by atoms with Crippen LogP contribution in [0.1, 0.15) is 6.92 Å². The molecule has 8 heteroatoms. The lowest BCUT2D eigenvalue weighted by Gasteiger charge is -2.12. The number of hydrogen-bond donors (Lipinski definition) is 1. The molecule has 0 aliphatic rings. The topological polar surface area (TPSA) is 81.2 Å². The molecule has 2 aromatic heterocycles. The van der Waals surface area contributed by atoms with E-state index in [2.05, 4.69) is 14.7 Å². The number of methoxy groups -OCH3 is 1. The first-order valence-electron chi connectivity index (χ1n) is 6.57. The lowest BCUT2D eigenvalue weighted by molar-refractivity contribution is 0.136. The van der Waals surface area contributed by atoms with Crippen LogP contribution in [0.2, 0.25) is 0 Å². The maximum Gasteiger partial charge on any atom is 0.235 e. The van der Waals surface area contributed by atoms with Crippen molar-refractivity contribution in [3.63, 3.8) is 0 Å². The average molecular weight is 339 g/mol. The van der Waals surface area contributed by atoms with Crippen molar-refractivity contribution in [2.45, 2.75) is 23.1 Å². The highest BCUT2D eigenvalue weighted by atomic mass is 32.2. The normalized spacial score (nSPS) is 12.8. The largest absolute Gasteiger partial charge is 0.381 e. The van der Waals surface area contributed by atoms with Crippen molar-refractivity contribution in [2.24, 2.45) is 0 Å². The second-order valence-corrected chi connectivity index (χ2v) is 7.39. The van der Waals surface area contributed by atoms with Crippen molar-refractivity contribution >= 4 is 27.5 Å². The van der Waals surface area contributed by atoms with Gasteiger partial charge in [0, 0.05) is 19.5 Å². The third kappa shape index (κ3) is 5.28. The summed E-state index contributed by atoms with van der Waals surface area (Å²) in [6.07, 6.45) is 2.88. The molecule has 1 atom stereocenters. The zero-order valence-corrected chi connectivity index (χ0v) is 13.9. The Hall–Kier alpha value is -1.64. The van der Waals surface area contributed by atoms with Crippen LogP contribution in [0.3, 0.4) is 0 Å². The molecule has 2 rings (SSSR count). The van der Waals surface area contributed by atoms with Crippen molar-refractivity contribution in [1.29, 1.82) is 0 Å². The minimum Gasteiger partial charge on any atom is -0.381 e. The molecule has 2 heterocycles. The Morgan fingerprint density at radius 2 is 2.00 bits per heavy atom. The predicted molar refractivity (Wildman–Crippen MR) is 86.5 cm³/mol. The number of nitrogens with zero attached hydrogens (tertiary/aromatic N) is 2. The first kappa shape index (κ1) is 16.7. The fraction of sp³-hybridized carbons (Fsp3) is 0.286. The van der Waals surface area contributed by atoms with Crippen LogP contribution < -0.4 is 4.72 Å². The molecule has 1 unspecified atom stereocenters. The third-order valence-electron chi connectivity index (χ3n) is 2.71. The van der Waals surface area contributed by atoms with Gasteiger partial charge in [-0.05, 0) is 31.2 Å². The smallest absolute Gasteiger partial charge is 0.235 e. The molecule has 0 radical (unpaired) electrons. The monoisotopic (exact) mass is 339 g/mol. The van der Waals surface area contributed by atoms with Crippen molar-refractivity contribution in [1.82, 2.24) is 9.97 Å². The minimum absolute atomic E-state index is 0.103. The van der Waals surface area contributed by atoms with E-state index in [4.69, 9.17) is 4.74 Å². The van der Waals surface area contributed by atoms with Gasteiger partial charge < -0.3 is 4.74 Å². The van der Waals surface area contributed by atoms with Gasteiger partial charge in [0.15, 0.2) is 0 Å². The van der Waals surface area contributed by atoms with E-state index in [1.165, 1.54) is 18.9 Å². The number of aromatic nitrogens is 2. The Morgan fingerprint density at radius 1 is 1.23 bits per heavy atom. The maximum absolute atomic E-state index is 12.0. The Balaban J connectivity index is 2.08. The Kier molecular flexibility index (Phi) is 5.76. The zero-order chi connectivity index (χ0) is 16.0. The van der Waals surface area contributed by atoms with Crippen molar-refractivity contribution in [2.75, 3.05) is 17.6 Å². The predicted octanol–water partition coefficient (Wildman–Crippen LogP) is 2.40. The molecule has 0 bridgehead atoms. The molecule has 0 saturated carbocycles. The number of ether oxygens (including phenoxy) is 1. The summed E-state index contributed by atoms with van der Waals surface area (Å²) in [5, 5.41) is 1.46. The molecule has 2 aromatic rings. The van der Waals surface area contributed by atoms with Gasteiger partial charge in [0.2, 0.25) is 10.0 Å². The lowest BCUT2D eigenvalue weighted by atomic mass is 10.4. The Morgan fingerprint density at radius 3 is 2.68 bits per heavy atom. The molecule has 0 fully saturated rings. The van der Waals surface area contributed by atoms with Gasteiger partial charge in [-0.3, -0.25) is 4.72 Å². The van der Waals surface area contributed by atoms with Gasteiger partial charge in [0.1, 0.15) is 10.1 Å². The molecule has 22 heavy (non-hydrogen) atoms. The van der Waals surface area contributed by atoms with Crippen LogP contribution in [0, 0.1) is 0 Å². The average Bonchev–Trinajstić information content (AvgIpc) is 2.47. The van der Waals surface area contributed by atoms with Crippen LogP contribution in [0.4, 0.5) is 5.69 Å². The van der Waals surface area contributed by atoms with Crippen molar-refractivity contribution in [3.8, 4) is 0 Å². The second-order valence-electron chi connectivity index (χ2n) is 4.58. The number of sulfonamides is 1. The maximum atomic E-state index is 12.0. The van der Waals surface area contributed by atoms with Crippen LogP contribution in [0.15, 0.2) is 52.8 Å². The summed E-state index contributed by atoms with van der Waals surface area (Å²) in [5.74, 6) is -0.103. The summed E-state index contributed by atoms with van der Waals surface area (Å²) in [4.78, 5) is 8.40. The van der Waals surface area contributed by atoms with E-state index in [-0.39, 0.29) is 11.9 Å². The summed E-state index contributed by atoms with van der Waals surface area (Å²) in [6.45, 7) is 1.70. The molecule has 0 aromatic carbocycles. The van der Waals surface area contributed by atoms with Crippen LogP contribution in [-0.4, -0.2) is 37.4 Å². The minimum atomic E-state index is -3.46. The molecule has 0 aliphatic carbocycles. The quantitative estimate of drug-likeness (QED) is 0.834. The van der Waals surface area contributed by atoms with Gasteiger partial charge in [-0.2, -0.15) is 0 Å². The van der Waals surface area contributed by atoms with Gasteiger partial charge >= 0.3 is 0 Å². The fourth-order valence-corrected chi connectivity index (χ4v) is 3.74. The van der Waals surface area contributed by atoms with Crippen molar-refractivity contribution < 1.29 is 13.2 Å².